The predicted molar refractivity (Wildman–Crippen MR) is 76.5 cm³/mol. The summed E-state index contributed by atoms with van der Waals surface area (Å²) < 4.78 is 0. The quantitative estimate of drug-likeness (QED) is 0.479. The van der Waals surface area contributed by atoms with Gasteiger partial charge in [-0.05, 0) is 12.8 Å². The highest BCUT2D eigenvalue weighted by molar-refractivity contribution is 6.44. The molecule has 0 aromatic heterocycles. The summed E-state index contributed by atoms with van der Waals surface area (Å²) in [7, 11) is 0. The molecule has 2 N–H and O–H groups in total. The molecule has 1 aromatic carbocycles. The number of nitro benzene ring substituents is 1. The van der Waals surface area contributed by atoms with Crippen molar-refractivity contribution in [2.45, 2.75) is 18.9 Å². The molecule has 1 aromatic rings. The number of hydrogen-bond acceptors (Lipinski definition) is 4. The largest absolute Gasteiger partial charge is 0.351 e. The summed E-state index contributed by atoms with van der Waals surface area (Å²) in [5.41, 5.74) is -0.252. The van der Waals surface area contributed by atoms with Gasteiger partial charge >= 0.3 is 0 Å². The number of carbonyl (C=O) groups is 1. The van der Waals surface area contributed by atoms with E-state index in [1.54, 1.807) is 0 Å². The maximum absolute atomic E-state index is 11.9. The van der Waals surface area contributed by atoms with Crippen LogP contribution in [0.25, 0.3) is 0 Å². The maximum Gasteiger partial charge on any atom is 0.271 e. The Balaban J connectivity index is 2.01. The van der Waals surface area contributed by atoms with E-state index in [1.165, 1.54) is 12.8 Å². The molecule has 0 unspecified atom stereocenters. The van der Waals surface area contributed by atoms with E-state index in [0.29, 0.717) is 19.1 Å². The van der Waals surface area contributed by atoms with Gasteiger partial charge in [0.15, 0.2) is 0 Å². The molecule has 0 heterocycles. The molecule has 0 radical (unpaired) electrons. The van der Waals surface area contributed by atoms with E-state index in [0.717, 1.165) is 12.1 Å². The van der Waals surface area contributed by atoms with E-state index < -0.39 is 10.8 Å². The zero-order chi connectivity index (χ0) is 14.7. The third kappa shape index (κ3) is 3.82. The lowest BCUT2D eigenvalue weighted by Gasteiger charge is -2.08. The monoisotopic (exact) mass is 317 g/mol. The van der Waals surface area contributed by atoms with Gasteiger partial charge in [-0.25, -0.2) is 0 Å². The molecule has 1 amide bonds. The number of halogens is 2. The number of non-ortho nitro benzene ring substituents is 1. The summed E-state index contributed by atoms with van der Waals surface area (Å²) >= 11 is 11.7. The Labute approximate surface area is 125 Å². The van der Waals surface area contributed by atoms with Crippen LogP contribution in [0.15, 0.2) is 12.1 Å². The van der Waals surface area contributed by atoms with Crippen molar-refractivity contribution in [2.75, 3.05) is 13.1 Å². The molecule has 1 saturated carbocycles. The van der Waals surface area contributed by atoms with Gasteiger partial charge in [-0.3, -0.25) is 14.9 Å². The minimum atomic E-state index is -0.617. The zero-order valence-corrected chi connectivity index (χ0v) is 12.0. The van der Waals surface area contributed by atoms with E-state index in [1.807, 2.05) is 0 Å². The second-order valence-electron chi connectivity index (χ2n) is 4.53. The van der Waals surface area contributed by atoms with Crippen LogP contribution in [0.1, 0.15) is 23.2 Å². The van der Waals surface area contributed by atoms with Crippen molar-refractivity contribution in [2.24, 2.45) is 0 Å². The zero-order valence-electron chi connectivity index (χ0n) is 10.5. The molecule has 20 heavy (non-hydrogen) atoms. The highest BCUT2D eigenvalue weighted by Gasteiger charge is 2.21. The van der Waals surface area contributed by atoms with Crippen LogP contribution in [-0.2, 0) is 0 Å². The van der Waals surface area contributed by atoms with Gasteiger partial charge in [-0.2, -0.15) is 0 Å². The van der Waals surface area contributed by atoms with Gasteiger partial charge in [0.05, 0.1) is 20.5 Å². The highest BCUT2D eigenvalue weighted by atomic mass is 35.5. The summed E-state index contributed by atoms with van der Waals surface area (Å²) in [6.07, 6.45) is 2.33. The van der Waals surface area contributed by atoms with E-state index in [9.17, 15) is 14.9 Å². The minimum absolute atomic E-state index is 0.0114. The van der Waals surface area contributed by atoms with Gasteiger partial charge in [-0.15, -0.1) is 0 Å². The van der Waals surface area contributed by atoms with Crippen LogP contribution >= 0.6 is 23.2 Å². The van der Waals surface area contributed by atoms with Crippen LogP contribution in [0.5, 0.6) is 0 Å². The van der Waals surface area contributed by atoms with Gasteiger partial charge in [0.2, 0.25) is 0 Å². The fourth-order valence-electron chi connectivity index (χ4n) is 1.68. The molecule has 8 heteroatoms. The van der Waals surface area contributed by atoms with E-state index in [4.69, 9.17) is 23.2 Å². The smallest absolute Gasteiger partial charge is 0.271 e. The van der Waals surface area contributed by atoms with E-state index in [2.05, 4.69) is 10.6 Å². The molecule has 0 aliphatic heterocycles. The van der Waals surface area contributed by atoms with Crippen LogP contribution in [0.2, 0.25) is 10.0 Å². The van der Waals surface area contributed by atoms with Crippen LogP contribution in [0.3, 0.4) is 0 Å². The lowest BCUT2D eigenvalue weighted by Crippen LogP contribution is -2.32. The molecule has 0 atom stereocenters. The maximum atomic E-state index is 11.9. The number of nitro groups is 1. The molecule has 108 valence electrons. The van der Waals surface area contributed by atoms with E-state index >= 15 is 0 Å². The first-order valence-electron chi connectivity index (χ1n) is 6.14. The fraction of sp³-hybridized carbons (Fsp3) is 0.417. The molecule has 0 bridgehead atoms. The molecule has 6 nitrogen and oxygen atoms in total. The second-order valence-corrected chi connectivity index (χ2v) is 5.32. The Bertz CT molecular complexity index is 547. The van der Waals surface area contributed by atoms with Crippen molar-refractivity contribution in [3.8, 4) is 0 Å². The Morgan fingerprint density at radius 3 is 2.65 bits per heavy atom. The Morgan fingerprint density at radius 2 is 2.05 bits per heavy atom. The Hall–Kier alpha value is -1.37. The Kier molecular flexibility index (Phi) is 4.80. The van der Waals surface area contributed by atoms with Crippen LogP contribution in [-0.4, -0.2) is 30.0 Å². The number of hydrogen-bond donors (Lipinski definition) is 2. The van der Waals surface area contributed by atoms with Crippen LogP contribution in [0.4, 0.5) is 5.69 Å². The number of nitrogens with one attached hydrogen (secondary N) is 2. The third-order valence-corrected chi connectivity index (χ3v) is 3.69. The molecule has 1 aliphatic rings. The number of rotatable bonds is 6. The third-order valence-electron chi connectivity index (χ3n) is 2.89. The van der Waals surface area contributed by atoms with E-state index in [-0.39, 0.29) is 21.3 Å². The summed E-state index contributed by atoms with van der Waals surface area (Å²) in [6.45, 7) is 1.07. The van der Waals surface area contributed by atoms with Crippen molar-refractivity contribution >= 4 is 34.8 Å². The van der Waals surface area contributed by atoms with Crippen molar-refractivity contribution in [3.05, 3.63) is 37.9 Å². The highest BCUT2D eigenvalue weighted by Crippen LogP contribution is 2.30. The summed E-state index contributed by atoms with van der Waals surface area (Å²) in [5.74, 6) is -0.474. The molecular weight excluding hydrogens is 305 g/mol. The first-order valence-corrected chi connectivity index (χ1v) is 6.89. The van der Waals surface area contributed by atoms with Crippen molar-refractivity contribution < 1.29 is 9.72 Å². The van der Waals surface area contributed by atoms with Gasteiger partial charge in [0, 0.05) is 31.3 Å². The molecule has 2 rings (SSSR count). The lowest BCUT2D eigenvalue weighted by molar-refractivity contribution is -0.384. The summed E-state index contributed by atoms with van der Waals surface area (Å²) in [4.78, 5) is 22.1. The standard InChI is InChI=1S/C12H13Cl2N3O3/c13-10-6-8(17(19)20)5-9(11(10)14)12(18)16-4-3-15-7-1-2-7/h5-7,15H,1-4H2,(H,16,18). The SMILES string of the molecule is O=C(NCCNC1CC1)c1cc([N+](=O)[O-])cc(Cl)c1Cl. The molecule has 0 saturated heterocycles. The molecule has 0 spiro atoms. The van der Waals surface area contributed by atoms with Crippen LogP contribution in [0, 0.1) is 10.1 Å². The van der Waals surface area contributed by atoms with Crippen molar-refractivity contribution in [1.29, 1.82) is 0 Å². The molecule has 1 fully saturated rings. The minimum Gasteiger partial charge on any atom is -0.351 e. The molecular formula is C12H13Cl2N3O3. The first-order chi connectivity index (χ1) is 9.49. The van der Waals surface area contributed by atoms with Crippen molar-refractivity contribution in [1.82, 2.24) is 10.6 Å². The average Bonchev–Trinajstić information content (AvgIpc) is 3.21. The van der Waals surface area contributed by atoms with Crippen LogP contribution < -0.4 is 10.6 Å². The summed E-state index contributed by atoms with van der Waals surface area (Å²) in [6, 6.07) is 2.80. The normalized spacial score (nSPS) is 14.1. The number of nitrogens with zero attached hydrogens (tertiary/aromatic N) is 1. The number of amides is 1. The number of benzene rings is 1. The van der Waals surface area contributed by atoms with Gasteiger partial charge < -0.3 is 10.6 Å². The van der Waals surface area contributed by atoms with Crippen molar-refractivity contribution in [3.63, 3.8) is 0 Å². The average molecular weight is 318 g/mol. The second kappa shape index (κ2) is 6.39. The summed E-state index contributed by atoms with van der Waals surface area (Å²) in [5, 5.41) is 16.6. The predicted octanol–water partition coefficient (Wildman–Crippen LogP) is 2.38. The number of carbonyl (C=O) groups excluding carboxylic acids is 1. The fourth-order valence-corrected chi connectivity index (χ4v) is 2.09. The Morgan fingerprint density at radius 1 is 1.35 bits per heavy atom. The van der Waals surface area contributed by atoms with Gasteiger partial charge in [0.1, 0.15) is 0 Å². The van der Waals surface area contributed by atoms with Gasteiger partial charge in [-0.1, -0.05) is 23.2 Å². The topological polar surface area (TPSA) is 84.3 Å². The molecule has 1 aliphatic carbocycles. The first kappa shape index (κ1) is 15.0. The van der Waals surface area contributed by atoms with Gasteiger partial charge in [0.25, 0.3) is 11.6 Å². The lowest BCUT2D eigenvalue weighted by atomic mass is 10.2.